The standard InChI is InChI=1S/C71H116O6/c1-4-7-10-13-16-19-22-25-26-27-28-29-30-31-32-33-34-35-36-37-38-39-40-41-42-43-44-47-49-52-55-58-61-64-70(73)76-67-68(77-71(74)65-62-59-56-53-50-46-24-21-18-15-12-9-6-3)66-75-69(72)63-60-57-54-51-48-45-23-20-17-14-11-8-5-2/h7,10,12,15-16,19-21,23-26,28-29,31-32,34-35,37-38,40-41,68H,4-6,8-9,11,13-14,17-18,22,27,30,33,36,39,42-67H2,1-3H3/b10-7-,15-12-,19-16-,23-20-,24-21-,26-25-,29-28-,32-31-,35-34-,38-37-,41-40-. The molecule has 1 atom stereocenters. The minimum absolute atomic E-state index is 0.0928. The smallest absolute Gasteiger partial charge is 0.306 e. The summed E-state index contributed by atoms with van der Waals surface area (Å²) in [6, 6.07) is 0. The van der Waals surface area contributed by atoms with Gasteiger partial charge in [0, 0.05) is 19.3 Å². The van der Waals surface area contributed by atoms with Crippen LogP contribution in [-0.2, 0) is 28.6 Å². The molecule has 77 heavy (non-hydrogen) atoms. The highest BCUT2D eigenvalue weighted by Gasteiger charge is 2.19. The van der Waals surface area contributed by atoms with Crippen molar-refractivity contribution in [2.24, 2.45) is 0 Å². The summed E-state index contributed by atoms with van der Waals surface area (Å²) in [5.74, 6) is -0.924. The van der Waals surface area contributed by atoms with Crippen LogP contribution in [0.25, 0.3) is 0 Å². The first-order valence-corrected chi connectivity index (χ1v) is 31.7. The highest BCUT2D eigenvalue weighted by atomic mass is 16.6. The van der Waals surface area contributed by atoms with E-state index in [0.29, 0.717) is 19.3 Å². The predicted octanol–water partition coefficient (Wildman–Crippen LogP) is 21.8. The van der Waals surface area contributed by atoms with Crippen molar-refractivity contribution >= 4 is 17.9 Å². The second kappa shape index (κ2) is 64.1. The van der Waals surface area contributed by atoms with Gasteiger partial charge in [-0.2, -0.15) is 0 Å². The van der Waals surface area contributed by atoms with E-state index in [2.05, 4.69) is 154 Å². The van der Waals surface area contributed by atoms with Gasteiger partial charge in [0.25, 0.3) is 0 Å². The maximum Gasteiger partial charge on any atom is 0.306 e. The van der Waals surface area contributed by atoms with Crippen LogP contribution in [0.5, 0.6) is 0 Å². The number of unbranched alkanes of at least 4 members (excludes halogenated alkanes) is 23. The van der Waals surface area contributed by atoms with Crippen LogP contribution in [0.4, 0.5) is 0 Å². The fraction of sp³-hybridized carbons (Fsp3) is 0.648. The van der Waals surface area contributed by atoms with Crippen LogP contribution in [-0.4, -0.2) is 37.2 Å². The van der Waals surface area contributed by atoms with Crippen LogP contribution in [0.1, 0.15) is 278 Å². The molecule has 0 aliphatic rings. The Hall–Kier alpha value is -4.45. The van der Waals surface area contributed by atoms with E-state index < -0.39 is 6.10 Å². The van der Waals surface area contributed by atoms with E-state index in [0.717, 1.165) is 154 Å². The summed E-state index contributed by atoms with van der Waals surface area (Å²) in [4.78, 5) is 38.2. The van der Waals surface area contributed by atoms with Crippen molar-refractivity contribution in [1.82, 2.24) is 0 Å². The molecule has 0 rings (SSSR count). The lowest BCUT2D eigenvalue weighted by Crippen LogP contribution is -2.30. The van der Waals surface area contributed by atoms with E-state index in [4.69, 9.17) is 14.2 Å². The quantitative estimate of drug-likeness (QED) is 0.0261. The minimum Gasteiger partial charge on any atom is -0.462 e. The van der Waals surface area contributed by atoms with Crippen LogP contribution in [0.15, 0.2) is 134 Å². The third kappa shape index (κ3) is 62.3. The average molecular weight is 1070 g/mol. The van der Waals surface area contributed by atoms with Gasteiger partial charge in [0.15, 0.2) is 6.10 Å². The van der Waals surface area contributed by atoms with E-state index >= 15 is 0 Å². The van der Waals surface area contributed by atoms with Crippen LogP contribution in [0.2, 0.25) is 0 Å². The number of carbonyl (C=O) groups is 3. The van der Waals surface area contributed by atoms with E-state index in [1.807, 2.05) is 0 Å². The molecule has 0 bridgehead atoms. The lowest BCUT2D eigenvalue weighted by atomic mass is 10.1. The summed E-state index contributed by atoms with van der Waals surface area (Å²) >= 11 is 0. The molecule has 0 spiro atoms. The zero-order valence-electron chi connectivity index (χ0n) is 49.9. The molecular weight excluding hydrogens is 949 g/mol. The van der Waals surface area contributed by atoms with Gasteiger partial charge in [-0.05, 0) is 135 Å². The van der Waals surface area contributed by atoms with Crippen LogP contribution in [0.3, 0.4) is 0 Å². The molecule has 0 saturated heterocycles. The first kappa shape index (κ1) is 72.5. The molecule has 0 aromatic rings. The maximum atomic E-state index is 12.8. The topological polar surface area (TPSA) is 78.9 Å². The van der Waals surface area contributed by atoms with Gasteiger partial charge in [-0.15, -0.1) is 0 Å². The number of esters is 3. The number of ether oxygens (including phenoxy) is 3. The summed E-state index contributed by atoms with van der Waals surface area (Å²) in [6.07, 6.45) is 90.3. The van der Waals surface area contributed by atoms with E-state index in [1.54, 1.807) is 0 Å². The number of hydrogen-bond acceptors (Lipinski definition) is 6. The summed E-state index contributed by atoms with van der Waals surface area (Å²) < 4.78 is 16.9. The van der Waals surface area contributed by atoms with Gasteiger partial charge < -0.3 is 14.2 Å². The van der Waals surface area contributed by atoms with Crippen molar-refractivity contribution in [3.8, 4) is 0 Å². The zero-order valence-corrected chi connectivity index (χ0v) is 49.9. The molecule has 0 fully saturated rings. The minimum atomic E-state index is -0.796. The Morgan fingerprint density at radius 1 is 0.273 bits per heavy atom. The Kier molecular flexibility index (Phi) is 60.4. The van der Waals surface area contributed by atoms with Crippen LogP contribution < -0.4 is 0 Å². The number of allylic oxidation sites excluding steroid dienone is 22. The molecular formula is C71H116O6. The van der Waals surface area contributed by atoms with E-state index in [-0.39, 0.29) is 31.1 Å². The molecule has 0 aliphatic carbocycles. The fourth-order valence-electron chi connectivity index (χ4n) is 8.37. The predicted molar refractivity (Wildman–Crippen MR) is 334 cm³/mol. The Morgan fingerprint density at radius 3 is 0.857 bits per heavy atom. The first-order valence-electron chi connectivity index (χ1n) is 31.7. The van der Waals surface area contributed by atoms with Crippen molar-refractivity contribution < 1.29 is 28.6 Å². The lowest BCUT2D eigenvalue weighted by molar-refractivity contribution is -0.167. The van der Waals surface area contributed by atoms with Gasteiger partial charge in [0.1, 0.15) is 13.2 Å². The third-order valence-corrected chi connectivity index (χ3v) is 13.1. The molecule has 0 aromatic heterocycles. The summed E-state index contributed by atoms with van der Waals surface area (Å²) in [6.45, 7) is 6.42. The lowest BCUT2D eigenvalue weighted by Gasteiger charge is -2.18. The summed E-state index contributed by atoms with van der Waals surface area (Å²) in [5.41, 5.74) is 0. The molecule has 1 unspecified atom stereocenters. The van der Waals surface area contributed by atoms with Gasteiger partial charge in [0.05, 0.1) is 0 Å². The van der Waals surface area contributed by atoms with Gasteiger partial charge in [0.2, 0.25) is 0 Å². The van der Waals surface area contributed by atoms with E-state index in [1.165, 1.54) is 83.5 Å². The van der Waals surface area contributed by atoms with Crippen molar-refractivity contribution in [2.75, 3.05) is 13.2 Å². The zero-order chi connectivity index (χ0) is 55.7. The number of carbonyl (C=O) groups excluding carboxylic acids is 3. The molecule has 6 nitrogen and oxygen atoms in total. The second-order valence-electron chi connectivity index (χ2n) is 20.6. The number of rotatable bonds is 56. The molecule has 0 saturated carbocycles. The Balaban J connectivity index is 4.26. The first-order chi connectivity index (χ1) is 38.0. The van der Waals surface area contributed by atoms with Gasteiger partial charge >= 0.3 is 17.9 Å². The Labute approximate surface area is 475 Å². The molecule has 0 aromatic carbocycles. The van der Waals surface area contributed by atoms with Crippen molar-refractivity contribution in [3.05, 3.63) is 134 Å². The highest BCUT2D eigenvalue weighted by Crippen LogP contribution is 2.14. The normalized spacial score (nSPS) is 13.0. The Bertz CT molecular complexity index is 1650. The van der Waals surface area contributed by atoms with Crippen molar-refractivity contribution in [1.29, 1.82) is 0 Å². The number of hydrogen-bond donors (Lipinski definition) is 0. The summed E-state index contributed by atoms with van der Waals surface area (Å²) in [7, 11) is 0. The summed E-state index contributed by atoms with van der Waals surface area (Å²) in [5, 5.41) is 0. The SMILES string of the molecule is CC/C=C\C/C=C\C/C=C\C/C=C\C/C=C\C/C=C\C/C=C\C/C=C\CCCCCCCCCCC(=O)OCC(COC(=O)CCCCCCC/C=C\CCCCCC)OC(=O)CCCCCCC/C=C\C/C=C\CCC. The van der Waals surface area contributed by atoms with Crippen molar-refractivity contribution in [3.63, 3.8) is 0 Å². The second-order valence-corrected chi connectivity index (χ2v) is 20.6. The average Bonchev–Trinajstić information content (AvgIpc) is 3.43. The van der Waals surface area contributed by atoms with Gasteiger partial charge in [-0.1, -0.05) is 257 Å². The molecule has 6 heteroatoms. The molecule has 0 heterocycles. The van der Waals surface area contributed by atoms with E-state index in [9.17, 15) is 14.4 Å². The van der Waals surface area contributed by atoms with Gasteiger partial charge in [-0.3, -0.25) is 14.4 Å². The Morgan fingerprint density at radius 2 is 0.532 bits per heavy atom. The molecule has 0 N–H and O–H groups in total. The van der Waals surface area contributed by atoms with Gasteiger partial charge in [-0.25, -0.2) is 0 Å². The molecule has 0 aliphatic heterocycles. The largest absolute Gasteiger partial charge is 0.462 e. The maximum absolute atomic E-state index is 12.8. The molecule has 0 amide bonds. The monoisotopic (exact) mass is 1060 g/mol. The third-order valence-electron chi connectivity index (χ3n) is 13.1. The van der Waals surface area contributed by atoms with Crippen molar-refractivity contribution in [2.45, 2.75) is 284 Å². The van der Waals surface area contributed by atoms with Crippen LogP contribution >= 0.6 is 0 Å². The fourth-order valence-corrected chi connectivity index (χ4v) is 8.37. The van der Waals surface area contributed by atoms with Crippen LogP contribution in [0, 0.1) is 0 Å². The highest BCUT2D eigenvalue weighted by molar-refractivity contribution is 5.71. The molecule has 0 radical (unpaired) electrons. The molecule has 436 valence electrons.